The van der Waals surface area contributed by atoms with Crippen molar-refractivity contribution in [2.75, 3.05) is 68.1 Å². The Labute approximate surface area is 187 Å². The number of nitrogens with zero attached hydrogens (tertiary/aromatic N) is 3. The van der Waals surface area contributed by atoms with Gasteiger partial charge >= 0.3 is 0 Å². The molecule has 0 unspecified atom stereocenters. The van der Waals surface area contributed by atoms with Gasteiger partial charge in [-0.3, -0.25) is 9.59 Å². The zero-order valence-electron chi connectivity index (χ0n) is 18.3. The quantitative estimate of drug-likeness (QED) is 0.792. The highest BCUT2D eigenvalue weighted by molar-refractivity contribution is 6.03. The predicted octanol–water partition coefficient (Wildman–Crippen LogP) is 2.20. The van der Waals surface area contributed by atoms with Gasteiger partial charge in [-0.25, -0.2) is 0 Å². The van der Waals surface area contributed by atoms with Crippen molar-refractivity contribution in [3.05, 3.63) is 42.5 Å². The molecule has 0 aromatic heterocycles. The third-order valence-electron chi connectivity index (χ3n) is 6.34. The van der Waals surface area contributed by atoms with Crippen LogP contribution in [0.2, 0.25) is 0 Å². The van der Waals surface area contributed by atoms with Gasteiger partial charge in [0.05, 0.1) is 5.92 Å². The lowest BCUT2D eigenvalue weighted by molar-refractivity contribution is -0.122. The summed E-state index contributed by atoms with van der Waals surface area (Å²) in [5, 5.41) is 2.97. The molecule has 168 valence electrons. The fourth-order valence-corrected chi connectivity index (χ4v) is 4.40. The van der Waals surface area contributed by atoms with Crippen molar-refractivity contribution in [3.8, 4) is 11.5 Å². The van der Waals surface area contributed by atoms with E-state index in [2.05, 4.69) is 22.2 Å². The Balaban J connectivity index is 1.20. The van der Waals surface area contributed by atoms with Crippen LogP contribution in [0.15, 0.2) is 42.5 Å². The van der Waals surface area contributed by atoms with Gasteiger partial charge in [-0.1, -0.05) is 0 Å². The molecule has 2 aromatic rings. The van der Waals surface area contributed by atoms with E-state index < -0.39 is 5.92 Å². The van der Waals surface area contributed by atoms with Gasteiger partial charge in [0.25, 0.3) is 0 Å². The number of fused-ring (bicyclic) bond motifs is 1. The van der Waals surface area contributed by atoms with Crippen LogP contribution in [-0.2, 0) is 9.59 Å². The molecule has 8 nitrogen and oxygen atoms in total. The van der Waals surface area contributed by atoms with Crippen LogP contribution in [0.4, 0.5) is 17.1 Å². The van der Waals surface area contributed by atoms with Crippen molar-refractivity contribution in [2.45, 2.75) is 6.42 Å². The zero-order valence-corrected chi connectivity index (χ0v) is 18.3. The molecule has 8 heteroatoms. The number of anilines is 3. The first-order valence-corrected chi connectivity index (χ1v) is 11.1. The second-order valence-electron chi connectivity index (χ2n) is 8.56. The Bertz CT molecular complexity index is 1000. The Morgan fingerprint density at radius 1 is 0.938 bits per heavy atom. The van der Waals surface area contributed by atoms with Gasteiger partial charge in [-0.15, -0.1) is 0 Å². The molecule has 0 radical (unpaired) electrons. The van der Waals surface area contributed by atoms with Gasteiger partial charge in [0.2, 0.25) is 11.8 Å². The van der Waals surface area contributed by atoms with Gasteiger partial charge < -0.3 is 29.5 Å². The summed E-state index contributed by atoms with van der Waals surface area (Å²) in [6.07, 6.45) is 0.194. The number of likely N-dealkylation sites (N-methyl/N-ethyl adjacent to an activating group) is 1. The van der Waals surface area contributed by atoms with E-state index in [9.17, 15) is 9.59 Å². The van der Waals surface area contributed by atoms with Crippen LogP contribution >= 0.6 is 0 Å². The summed E-state index contributed by atoms with van der Waals surface area (Å²) < 4.78 is 11.2. The minimum absolute atomic E-state index is 0.0627. The maximum Gasteiger partial charge on any atom is 0.229 e. The van der Waals surface area contributed by atoms with Crippen LogP contribution in [-0.4, -0.2) is 69.7 Å². The molecule has 5 rings (SSSR count). The number of hydrogen-bond acceptors (Lipinski definition) is 6. The van der Waals surface area contributed by atoms with E-state index in [4.69, 9.17) is 9.47 Å². The highest BCUT2D eigenvalue weighted by Crippen LogP contribution is 2.36. The SMILES string of the molecule is CN1CCN(c2ccc(NC(=O)[C@H]3CC(=O)N(c4ccc5c(c4)OCCO5)C3)cc2)CC1. The summed E-state index contributed by atoms with van der Waals surface area (Å²) in [7, 11) is 2.14. The lowest BCUT2D eigenvalue weighted by atomic mass is 10.1. The molecule has 3 aliphatic rings. The number of benzene rings is 2. The lowest BCUT2D eigenvalue weighted by Crippen LogP contribution is -2.44. The van der Waals surface area contributed by atoms with E-state index in [1.165, 1.54) is 0 Å². The number of amides is 2. The third kappa shape index (κ3) is 4.23. The standard InChI is InChI=1S/C24H28N4O4/c1-26-8-10-27(11-9-26)19-4-2-18(3-5-19)25-24(30)17-14-23(29)28(16-17)20-6-7-21-22(15-20)32-13-12-31-21/h2-7,15,17H,8-14,16H2,1H3,(H,25,30)/t17-/m0/s1. The monoisotopic (exact) mass is 436 g/mol. The first-order valence-electron chi connectivity index (χ1n) is 11.1. The first-order chi connectivity index (χ1) is 15.6. The molecule has 2 aromatic carbocycles. The van der Waals surface area contributed by atoms with Crippen LogP contribution < -0.4 is 24.6 Å². The smallest absolute Gasteiger partial charge is 0.229 e. The van der Waals surface area contributed by atoms with Crippen molar-refractivity contribution in [3.63, 3.8) is 0 Å². The minimum Gasteiger partial charge on any atom is -0.486 e. The van der Waals surface area contributed by atoms with Gasteiger partial charge in [0.1, 0.15) is 13.2 Å². The molecule has 1 atom stereocenters. The fourth-order valence-electron chi connectivity index (χ4n) is 4.40. The van der Waals surface area contributed by atoms with Gasteiger partial charge in [0, 0.05) is 62.3 Å². The molecule has 3 aliphatic heterocycles. The average Bonchev–Trinajstić information content (AvgIpc) is 3.21. The van der Waals surface area contributed by atoms with Crippen LogP contribution in [0.25, 0.3) is 0 Å². The maximum absolute atomic E-state index is 12.8. The van der Waals surface area contributed by atoms with E-state index in [1.807, 2.05) is 42.5 Å². The number of ether oxygens (including phenoxy) is 2. The number of piperazine rings is 1. The van der Waals surface area contributed by atoms with Crippen LogP contribution in [0.5, 0.6) is 11.5 Å². The van der Waals surface area contributed by atoms with Crippen molar-refractivity contribution < 1.29 is 19.1 Å². The number of carbonyl (C=O) groups is 2. The third-order valence-corrected chi connectivity index (χ3v) is 6.34. The second-order valence-corrected chi connectivity index (χ2v) is 8.56. The van der Waals surface area contributed by atoms with E-state index in [0.717, 1.165) is 43.2 Å². The molecule has 3 heterocycles. The summed E-state index contributed by atoms with van der Waals surface area (Å²) >= 11 is 0. The molecule has 1 N–H and O–H groups in total. The molecular formula is C24H28N4O4. The van der Waals surface area contributed by atoms with Crippen molar-refractivity contribution in [2.24, 2.45) is 5.92 Å². The number of nitrogens with one attached hydrogen (secondary N) is 1. The molecule has 2 saturated heterocycles. The number of hydrogen-bond donors (Lipinski definition) is 1. The molecule has 0 bridgehead atoms. The number of rotatable bonds is 4. The van der Waals surface area contributed by atoms with Gasteiger partial charge in [-0.2, -0.15) is 0 Å². The molecular weight excluding hydrogens is 408 g/mol. The summed E-state index contributed by atoms with van der Waals surface area (Å²) in [6, 6.07) is 13.4. The van der Waals surface area contributed by atoms with Crippen molar-refractivity contribution >= 4 is 28.9 Å². The Morgan fingerprint density at radius 3 is 2.38 bits per heavy atom. The zero-order chi connectivity index (χ0) is 22.1. The summed E-state index contributed by atoms with van der Waals surface area (Å²) in [4.78, 5) is 31.8. The minimum atomic E-state index is -0.395. The normalized spacial score (nSPS) is 21.0. The Kier molecular flexibility index (Phi) is 5.61. The van der Waals surface area contributed by atoms with E-state index in [-0.39, 0.29) is 18.2 Å². The molecule has 2 amide bonds. The molecule has 2 fully saturated rings. The first kappa shape index (κ1) is 20.6. The van der Waals surface area contributed by atoms with Crippen molar-refractivity contribution in [1.29, 1.82) is 0 Å². The lowest BCUT2D eigenvalue weighted by Gasteiger charge is -2.34. The summed E-state index contributed by atoms with van der Waals surface area (Å²) in [5.74, 6) is 0.724. The molecule has 32 heavy (non-hydrogen) atoms. The van der Waals surface area contributed by atoms with Crippen LogP contribution in [0, 0.1) is 5.92 Å². The van der Waals surface area contributed by atoms with Crippen LogP contribution in [0.3, 0.4) is 0 Å². The summed E-state index contributed by atoms with van der Waals surface area (Å²) in [6.45, 7) is 5.46. The van der Waals surface area contributed by atoms with Gasteiger partial charge in [0.15, 0.2) is 11.5 Å². The average molecular weight is 437 g/mol. The predicted molar refractivity (Wildman–Crippen MR) is 123 cm³/mol. The molecule has 0 aliphatic carbocycles. The molecule has 0 spiro atoms. The number of carbonyl (C=O) groups excluding carboxylic acids is 2. The highest BCUT2D eigenvalue weighted by Gasteiger charge is 2.35. The Hall–Kier alpha value is -3.26. The van der Waals surface area contributed by atoms with E-state index >= 15 is 0 Å². The largest absolute Gasteiger partial charge is 0.486 e. The van der Waals surface area contributed by atoms with E-state index in [0.29, 0.717) is 31.3 Å². The summed E-state index contributed by atoms with van der Waals surface area (Å²) in [5.41, 5.74) is 2.64. The maximum atomic E-state index is 12.8. The van der Waals surface area contributed by atoms with Crippen LogP contribution in [0.1, 0.15) is 6.42 Å². The Morgan fingerprint density at radius 2 is 1.62 bits per heavy atom. The molecule has 0 saturated carbocycles. The highest BCUT2D eigenvalue weighted by atomic mass is 16.6. The van der Waals surface area contributed by atoms with Crippen molar-refractivity contribution in [1.82, 2.24) is 4.90 Å². The van der Waals surface area contributed by atoms with E-state index in [1.54, 1.807) is 4.90 Å². The second kappa shape index (κ2) is 8.70. The fraction of sp³-hybridized carbons (Fsp3) is 0.417. The topological polar surface area (TPSA) is 74.4 Å². The van der Waals surface area contributed by atoms with Gasteiger partial charge in [-0.05, 0) is 43.4 Å².